The van der Waals surface area contributed by atoms with Crippen molar-refractivity contribution in [1.82, 2.24) is 0 Å². The van der Waals surface area contributed by atoms with Gasteiger partial charge in [-0.25, -0.2) is 8.78 Å². The maximum Gasteiger partial charge on any atom is 0.270 e. The number of aliphatic hydroxyl groups is 1. The van der Waals surface area contributed by atoms with E-state index in [1.54, 1.807) is 6.07 Å². The summed E-state index contributed by atoms with van der Waals surface area (Å²) in [6.45, 7) is -1.11. The van der Waals surface area contributed by atoms with Gasteiger partial charge >= 0.3 is 0 Å². The van der Waals surface area contributed by atoms with Crippen LogP contribution in [0.1, 0.15) is 5.56 Å². The van der Waals surface area contributed by atoms with Crippen molar-refractivity contribution in [3.05, 3.63) is 33.9 Å². The van der Waals surface area contributed by atoms with Crippen molar-refractivity contribution < 1.29 is 18.8 Å². The molecule has 0 aromatic heterocycles. The van der Waals surface area contributed by atoms with Crippen LogP contribution < -0.4 is 4.90 Å². The van der Waals surface area contributed by atoms with Gasteiger partial charge in [0.05, 0.1) is 29.3 Å². The van der Waals surface area contributed by atoms with Gasteiger partial charge in [0.2, 0.25) is 0 Å². The number of nitro benzene ring substituents is 1. The fourth-order valence-corrected chi connectivity index (χ4v) is 1.60. The minimum Gasteiger partial charge on any atom is -0.395 e. The molecule has 6 nitrogen and oxygen atoms in total. The van der Waals surface area contributed by atoms with Crippen LogP contribution in [0, 0.1) is 21.4 Å². The number of non-ortho nitro benzene ring substituents is 1. The summed E-state index contributed by atoms with van der Waals surface area (Å²) in [4.78, 5) is 11.0. The summed E-state index contributed by atoms with van der Waals surface area (Å²) >= 11 is 0. The zero-order chi connectivity index (χ0) is 14.4. The highest BCUT2D eigenvalue weighted by molar-refractivity contribution is 5.63. The fourth-order valence-electron chi connectivity index (χ4n) is 1.60. The molecular weight excluding hydrogens is 260 g/mol. The molecule has 19 heavy (non-hydrogen) atoms. The van der Waals surface area contributed by atoms with E-state index >= 15 is 0 Å². The molecule has 1 aromatic rings. The first-order valence-electron chi connectivity index (χ1n) is 5.32. The Morgan fingerprint density at radius 2 is 2.21 bits per heavy atom. The van der Waals surface area contributed by atoms with Crippen LogP contribution in [0.25, 0.3) is 0 Å². The van der Waals surface area contributed by atoms with Gasteiger partial charge in [-0.2, -0.15) is 5.26 Å². The first-order valence-corrected chi connectivity index (χ1v) is 5.32. The van der Waals surface area contributed by atoms with Crippen molar-refractivity contribution >= 4 is 11.4 Å². The van der Waals surface area contributed by atoms with Crippen molar-refractivity contribution in [2.75, 3.05) is 24.6 Å². The van der Waals surface area contributed by atoms with Crippen LogP contribution >= 0.6 is 0 Å². The second-order valence-electron chi connectivity index (χ2n) is 3.63. The minimum atomic E-state index is -2.65. The van der Waals surface area contributed by atoms with Gasteiger partial charge in [-0.1, -0.05) is 0 Å². The molecule has 0 bridgehead atoms. The number of hydrogen-bond acceptors (Lipinski definition) is 5. The number of hydrogen-bond donors (Lipinski definition) is 1. The maximum atomic E-state index is 12.4. The smallest absolute Gasteiger partial charge is 0.270 e. The van der Waals surface area contributed by atoms with Gasteiger partial charge in [0.25, 0.3) is 12.1 Å². The highest BCUT2D eigenvalue weighted by atomic mass is 19.3. The number of rotatable bonds is 6. The lowest BCUT2D eigenvalue weighted by molar-refractivity contribution is -0.384. The molecule has 1 aromatic carbocycles. The Morgan fingerprint density at radius 3 is 2.68 bits per heavy atom. The topological polar surface area (TPSA) is 90.4 Å². The van der Waals surface area contributed by atoms with Crippen molar-refractivity contribution in [3.8, 4) is 6.07 Å². The van der Waals surface area contributed by atoms with Gasteiger partial charge in [0.15, 0.2) is 0 Å². The molecule has 0 spiro atoms. The second kappa shape index (κ2) is 6.61. The molecule has 0 unspecified atom stereocenters. The van der Waals surface area contributed by atoms with Crippen LogP contribution in [0.15, 0.2) is 18.2 Å². The lowest BCUT2D eigenvalue weighted by Crippen LogP contribution is -2.32. The zero-order valence-corrected chi connectivity index (χ0v) is 9.79. The van der Waals surface area contributed by atoms with Gasteiger partial charge in [-0.05, 0) is 6.07 Å². The Kier molecular flexibility index (Phi) is 5.14. The fraction of sp³-hybridized carbons (Fsp3) is 0.364. The molecule has 1 rings (SSSR count). The Balaban J connectivity index is 3.15. The molecule has 0 atom stereocenters. The van der Waals surface area contributed by atoms with Crippen LogP contribution in [-0.4, -0.2) is 36.2 Å². The summed E-state index contributed by atoms with van der Waals surface area (Å²) in [7, 11) is 0. The number of aliphatic hydroxyl groups excluding tert-OH is 1. The number of alkyl halides is 2. The van der Waals surface area contributed by atoms with Crippen LogP contribution in [-0.2, 0) is 0 Å². The number of nitrogens with zero attached hydrogens (tertiary/aromatic N) is 3. The number of halogens is 2. The van der Waals surface area contributed by atoms with Gasteiger partial charge in [0, 0.05) is 18.7 Å². The first kappa shape index (κ1) is 14.8. The lowest BCUT2D eigenvalue weighted by atomic mass is 10.1. The summed E-state index contributed by atoms with van der Waals surface area (Å²) in [6.07, 6.45) is -2.65. The van der Waals surface area contributed by atoms with E-state index in [0.29, 0.717) is 0 Å². The van der Waals surface area contributed by atoms with Crippen LogP contribution in [0.2, 0.25) is 0 Å². The normalized spacial score (nSPS) is 10.3. The summed E-state index contributed by atoms with van der Waals surface area (Å²) in [5.41, 5.74) is -0.230. The largest absolute Gasteiger partial charge is 0.395 e. The molecule has 0 aliphatic carbocycles. The van der Waals surface area contributed by atoms with Gasteiger partial charge < -0.3 is 10.0 Å². The molecule has 1 N–H and O–H groups in total. The third kappa shape index (κ3) is 3.86. The third-order valence-corrected chi connectivity index (χ3v) is 2.38. The van der Waals surface area contributed by atoms with E-state index < -0.39 is 17.9 Å². The Hall–Kier alpha value is -2.27. The number of nitro groups is 1. The van der Waals surface area contributed by atoms with E-state index in [1.807, 2.05) is 0 Å². The highest BCUT2D eigenvalue weighted by Gasteiger charge is 2.18. The van der Waals surface area contributed by atoms with Gasteiger partial charge in [-0.15, -0.1) is 0 Å². The first-order chi connectivity index (χ1) is 8.99. The van der Waals surface area contributed by atoms with Crippen molar-refractivity contribution in [2.24, 2.45) is 0 Å². The number of nitriles is 1. The monoisotopic (exact) mass is 271 g/mol. The van der Waals surface area contributed by atoms with E-state index in [2.05, 4.69) is 0 Å². The Morgan fingerprint density at radius 1 is 1.53 bits per heavy atom. The van der Waals surface area contributed by atoms with Crippen molar-refractivity contribution in [1.29, 1.82) is 5.26 Å². The predicted octanol–water partition coefficient (Wildman–Crippen LogP) is 1.53. The molecule has 0 aliphatic rings. The van der Waals surface area contributed by atoms with Gasteiger partial charge in [-0.3, -0.25) is 10.1 Å². The summed E-state index contributed by atoms with van der Waals surface area (Å²) < 4.78 is 24.8. The average molecular weight is 271 g/mol. The number of anilines is 1. The quantitative estimate of drug-likeness (QED) is 0.626. The van der Waals surface area contributed by atoms with Gasteiger partial charge in [0.1, 0.15) is 6.07 Å². The standard InChI is InChI=1S/C11H11F2N3O3/c12-11(13)7-15(3-4-17)10-2-1-9(16(18)19)5-8(10)6-14/h1-2,5,11,17H,3-4,7H2. The molecule has 0 aliphatic heterocycles. The predicted molar refractivity (Wildman–Crippen MR) is 63.1 cm³/mol. The SMILES string of the molecule is N#Cc1cc([N+](=O)[O-])ccc1N(CCO)CC(F)F. The van der Waals surface area contributed by atoms with Crippen LogP contribution in [0.4, 0.5) is 20.2 Å². The van der Waals surface area contributed by atoms with E-state index in [-0.39, 0.29) is 30.1 Å². The molecule has 0 amide bonds. The van der Waals surface area contributed by atoms with E-state index in [9.17, 15) is 18.9 Å². The van der Waals surface area contributed by atoms with Crippen LogP contribution in [0.5, 0.6) is 0 Å². The molecule has 8 heteroatoms. The number of benzene rings is 1. The molecule has 102 valence electrons. The average Bonchev–Trinajstić information content (AvgIpc) is 2.36. The van der Waals surface area contributed by atoms with E-state index in [4.69, 9.17) is 10.4 Å². The minimum absolute atomic E-state index is 0.0803. The highest BCUT2D eigenvalue weighted by Crippen LogP contribution is 2.25. The lowest BCUT2D eigenvalue weighted by Gasteiger charge is -2.24. The second-order valence-corrected chi connectivity index (χ2v) is 3.63. The molecular formula is C11H11F2N3O3. The molecule has 0 saturated heterocycles. The molecule has 0 saturated carbocycles. The summed E-state index contributed by atoms with van der Waals surface area (Å²) in [5.74, 6) is 0. The Bertz CT molecular complexity index is 502. The zero-order valence-electron chi connectivity index (χ0n) is 9.79. The Labute approximate surface area is 107 Å². The van der Waals surface area contributed by atoms with E-state index in [1.165, 1.54) is 6.07 Å². The van der Waals surface area contributed by atoms with Crippen molar-refractivity contribution in [3.63, 3.8) is 0 Å². The summed E-state index contributed by atoms with van der Waals surface area (Å²) in [6, 6.07) is 5.11. The van der Waals surface area contributed by atoms with E-state index in [0.717, 1.165) is 17.0 Å². The molecule has 0 fully saturated rings. The van der Waals surface area contributed by atoms with Crippen molar-refractivity contribution in [2.45, 2.75) is 6.43 Å². The molecule has 0 heterocycles. The summed E-state index contributed by atoms with van der Waals surface area (Å²) in [5, 5.41) is 28.3. The molecule has 0 radical (unpaired) electrons. The third-order valence-electron chi connectivity index (χ3n) is 2.38. The van der Waals surface area contributed by atoms with Crippen LogP contribution in [0.3, 0.4) is 0 Å². The maximum absolute atomic E-state index is 12.4.